The van der Waals surface area contributed by atoms with Crippen molar-refractivity contribution in [3.8, 4) is 5.75 Å². The van der Waals surface area contributed by atoms with Gasteiger partial charge in [0.15, 0.2) is 5.69 Å². The molecule has 0 saturated carbocycles. The summed E-state index contributed by atoms with van der Waals surface area (Å²) in [5.41, 5.74) is -0.209. The lowest BCUT2D eigenvalue weighted by molar-refractivity contribution is 0.0517. The van der Waals surface area contributed by atoms with Gasteiger partial charge in [-0.25, -0.2) is 9.78 Å². The summed E-state index contributed by atoms with van der Waals surface area (Å²) in [6.07, 6.45) is 0. The number of carbonyl (C=O) groups excluding carboxylic acids is 1. The van der Waals surface area contributed by atoms with Crippen LogP contribution in [-0.2, 0) is 11.3 Å². The Hall–Kier alpha value is -2.34. The lowest BCUT2D eigenvalue weighted by atomic mass is 10.2. The van der Waals surface area contributed by atoms with Crippen LogP contribution >= 0.6 is 11.6 Å². The van der Waals surface area contributed by atoms with E-state index < -0.39 is 11.5 Å². The van der Waals surface area contributed by atoms with Crippen LogP contribution in [0.2, 0.25) is 5.02 Å². The highest BCUT2D eigenvalue weighted by molar-refractivity contribution is 6.32. The number of nitrogens with one attached hydrogen (secondary N) is 1. The monoisotopic (exact) mass is 322 g/mol. The van der Waals surface area contributed by atoms with Crippen molar-refractivity contribution in [1.82, 2.24) is 9.97 Å². The molecule has 2 aromatic rings. The second-order valence-electron chi connectivity index (χ2n) is 4.43. The summed E-state index contributed by atoms with van der Waals surface area (Å²) in [6.45, 7) is 3.38. The van der Waals surface area contributed by atoms with E-state index in [1.807, 2.05) is 0 Å². The second-order valence-corrected chi connectivity index (χ2v) is 4.83. The van der Waals surface area contributed by atoms with Gasteiger partial charge in [0.1, 0.15) is 18.2 Å². The minimum absolute atomic E-state index is 0.0108. The molecule has 0 aliphatic rings. The van der Waals surface area contributed by atoms with Gasteiger partial charge in [-0.2, -0.15) is 0 Å². The number of aromatic nitrogens is 2. The normalized spacial score (nSPS) is 10.3. The van der Waals surface area contributed by atoms with Crippen molar-refractivity contribution in [3.63, 3.8) is 0 Å². The SMILES string of the molecule is CCOC(=O)c1nc(COc2ccccc2Cl)[nH]c(=O)c1C. The predicted molar refractivity (Wildman–Crippen MR) is 81.3 cm³/mol. The zero-order chi connectivity index (χ0) is 16.1. The van der Waals surface area contributed by atoms with Gasteiger partial charge in [0.25, 0.3) is 5.56 Å². The Morgan fingerprint density at radius 3 is 2.77 bits per heavy atom. The van der Waals surface area contributed by atoms with Gasteiger partial charge in [0.05, 0.1) is 11.6 Å². The molecule has 6 nitrogen and oxygen atoms in total. The number of halogens is 1. The van der Waals surface area contributed by atoms with Crippen molar-refractivity contribution < 1.29 is 14.3 Å². The average molecular weight is 323 g/mol. The minimum atomic E-state index is -0.634. The molecular weight excluding hydrogens is 308 g/mol. The van der Waals surface area contributed by atoms with Crippen LogP contribution in [0.5, 0.6) is 5.75 Å². The molecule has 1 heterocycles. The number of carbonyl (C=O) groups is 1. The molecule has 1 aromatic heterocycles. The van der Waals surface area contributed by atoms with Crippen LogP contribution in [0.4, 0.5) is 0 Å². The molecule has 0 spiro atoms. The Morgan fingerprint density at radius 2 is 2.09 bits per heavy atom. The topological polar surface area (TPSA) is 81.3 Å². The Balaban J connectivity index is 2.23. The first-order valence-electron chi connectivity index (χ1n) is 6.67. The van der Waals surface area contributed by atoms with Crippen LogP contribution in [0.15, 0.2) is 29.1 Å². The molecule has 1 N–H and O–H groups in total. The van der Waals surface area contributed by atoms with Crippen LogP contribution in [0.25, 0.3) is 0 Å². The van der Waals surface area contributed by atoms with Crippen LogP contribution in [0.3, 0.4) is 0 Å². The van der Waals surface area contributed by atoms with Crippen LogP contribution in [-0.4, -0.2) is 22.5 Å². The van der Waals surface area contributed by atoms with Gasteiger partial charge in [-0.05, 0) is 26.0 Å². The molecule has 22 heavy (non-hydrogen) atoms. The van der Waals surface area contributed by atoms with Crippen LogP contribution in [0.1, 0.15) is 28.8 Å². The van der Waals surface area contributed by atoms with E-state index in [0.717, 1.165) is 0 Å². The van der Waals surface area contributed by atoms with Gasteiger partial charge < -0.3 is 14.5 Å². The van der Waals surface area contributed by atoms with E-state index in [1.54, 1.807) is 31.2 Å². The largest absolute Gasteiger partial charge is 0.484 e. The smallest absolute Gasteiger partial charge is 0.357 e. The third-order valence-corrected chi connectivity index (χ3v) is 3.18. The first-order valence-corrected chi connectivity index (χ1v) is 7.05. The average Bonchev–Trinajstić information content (AvgIpc) is 2.49. The first kappa shape index (κ1) is 16.0. The Morgan fingerprint density at radius 1 is 1.36 bits per heavy atom. The quantitative estimate of drug-likeness (QED) is 0.855. The van der Waals surface area contributed by atoms with E-state index in [1.165, 1.54) is 6.92 Å². The van der Waals surface area contributed by atoms with Gasteiger partial charge in [0.2, 0.25) is 0 Å². The Labute approximate surface area is 132 Å². The van der Waals surface area contributed by atoms with E-state index in [4.69, 9.17) is 21.1 Å². The van der Waals surface area contributed by atoms with E-state index in [9.17, 15) is 9.59 Å². The maximum Gasteiger partial charge on any atom is 0.357 e. The highest BCUT2D eigenvalue weighted by Gasteiger charge is 2.16. The first-order chi connectivity index (χ1) is 10.5. The molecule has 0 saturated heterocycles. The molecule has 116 valence electrons. The minimum Gasteiger partial charge on any atom is -0.484 e. The summed E-state index contributed by atoms with van der Waals surface area (Å²) in [5, 5.41) is 0.447. The van der Waals surface area contributed by atoms with E-state index in [0.29, 0.717) is 10.8 Å². The Bertz CT molecular complexity index is 743. The molecule has 0 radical (unpaired) electrons. The fraction of sp³-hybridized carbons (Fsp3) is 0.267. The fourth-order valence-electron chi connectivity index (χ4n) is 1.75. The zero-order valence-corrected chi connectivity index (χ0v) is 12.9. The van der Waals surface area contributed by atoms with E-state index in [-0.39, 0.29) is 30.3 Å². The van der Waals surface area contributed by atoms with Gasteiger partial charge in [-0.1, -0.05) is 23.7 Å². The molecular formula is C15H15ClN2O4. The maximum absolute atomic E-state index is 11.9. The number of aromatic amines is 1. The molecule has 2 rings (SSSR count). The van der Waals surface area contributed by atoms with Crippen molar-refractivity contribution in [1.29, 1.82) is 0 Å². The van der Waals surface area contributed by atoms with Gasteiger partial charge in [-0.3, -0.25) is 4.79 Å². The third-order valence-electron chi connectivity index (χ3n) is 2.87. The number of ether oxygens (including phenoxy) is 2. The van der Waals surface area contributed by atoms with Crippen molar-refractivity contribution in [3.05, 3.63) is 56.7 Å². The lowest BCUT2D eigenvalue weighted by Gasteiger charge is -2.09. The lowest BCUT2D eigenvalue weighted by Crippen LogP contribution is -2.22. The van der Waals surface area contributed by atoms with Crippen LogP contribution in [0, 0.1) is 6.92 Å². The molecule has 0 fully saturated rings. The van der Waals surface area contributed by atoms with Crippen molar-refractivity contribution in [2.24, 2.45) is 0 Å². The van der Waals surface area contributed by atoms with Crippen molar-refractivity contribution in [2.75, 3.05) is 6.61 Å². The summed E-state index contributed by atoms with van der Waals surface area (Å²) < 4.78 is 10.4. The van der Waals surface area contributed by atoms with Gasteiger partial charge >= 0.3 is 5.97 Å². The van der Waals surface area contributed by atoms with E-state index >= 15 is 0 Å². The molecule has 0 aliphatic carbocycles. The number of benzene rings is 1. The number of para-hydroxylation sites is 1. The number of hydrogen-bond acceptors (Lipinski definition) is 5. The number of rotatable bonds is 5. The highest BCUT2D eigenvalue weighted by Crippen LogP contribution is 2.23. The molecule has 0 amide bonds. The fourth-order valence-corrected chi connectivity index (χ4v) is 1.94. The third kappa shape index (κ3) is 3.65. The molecule has 1 aromatic carbocycles. The summed E-state index contributed by atoms with van der Waals surface area (Å²) in [5.74, 6) is 0.0498. The number of H-pyrrole nitrogens is 1. The molecule has 0 atom stereocenters. The summed E-state index contributed by atoms with van der Waals surface area (Å²) >= 11 is 5.98. The molecule has 0 unspecified atom stereocenters. The van der Waals surface area contributed by atoms with Crippen molar-refractivity contribution in [2.45, 2.75) is 20.5 Å². The standard InChI is InChI=1S/C15H15ClN2O4/c1-3-21-15(20)13-9(2)14(19)18-12(17-13)8-22-11-7-5-4-6-10(11)16/h4-7H,3,8H2,1-2H3,(H,17,18,19). The van der Waals surface area contributed by atoms with Gasteiger partial charge in [0, 0.05) is 5.56 Å². The maximum atomic E-state index is 11.9. The van der Waals surface area contributed by atoms with Crippen LogP contribution < -0.4 is 10.3 Å². The second kappa shape index (κ2) is 7.09. The molecule has 0 aliphatic heterocycles. The number of nitrogens with zero attached hydrogens (tertiary/aromatic N) is 1. The summed E-state index contributed by atoms with van der Waals surface area (Å²) in [6, 6.07) is 6.93. The number of esters is 1. The number of hydrogen-bond donors (Lipinski definition) is 1. The predicted octanol–water partition coefficient (Wildman–Crippen LogP) is 2.49. The van der Waals surface area contributed by atoms with Gasteiger partial charge in [-0.15, -0.1) is 0 Å². The Kier molecular flexibility index (Phi) is 5.16. The molecule has 7 heteroatoms. The molecule has 0 bridgehead atoms. The van der Waals surface area contributed by atoms with Crippen molar-refractivity contribution >= 4 is 17.6 Å². The van der Waals surface area contributed by atoms with E-state index in [2.05, 4.69) is 9.97 Å². The summed E-state index contributed by atoms with van der Waals surface area (Å²) in [7, 11) is 0. The summed E-state index contributed by atoms with van der Waals surface area (Å²) in [4.78, 5) is 30.3. The zero-order valence-electron chi connectivity index (χ0n) is 12.2. The highest BCUT2D eigenvalue weighted by atomic mass is 35.5.